The summed E-state index contributed by atoms with van der Waals surface area (Å²) >= 11 is 0. The van der Waals surface area contributed by atoms with Gasteiger partial charge in [-0.05, 0) is 44.4 Å². The molecule has 5 nitrogen and oxygen atoms in total. The normalized spacial score (nSPS) is 17.4. The van der Waals surface area contributed by atoms with Crippen LogP contribution in [0.3, 0.4) is 0 Å². The van der Waals surface area contributed by atoms with Crippen LogP contribution in [-0.2, 0) is 5.41 Å². The molecule has 2 N–H and O–H groups in total. The lowest BCUT2D eigenvalue weighted by molar-refractivity contribution is 0.171. The van der Waals surface area contributed by atoms with Gasteiger partial charge in [0.15, 0.2) is 17.5 Å². The zero-order chi connectivity index (χ0) is 16.8. The molecule has 1 aliphatic carbocycles. The molecule has 0 amide bonds. The summed E-state index contributed by atoms with van der Waals surface area (Å²) in [6.07, 6.45) is 4.90. The summed E-state index contributed by atoms with van der Waals surface area (Å²) in [7, 11) is 0. The molecule has 25 heavy (non-hydrogen) atoms. The van der Waals surface area contributed by atoms with E-state index in [9.17, 15) is 0 Å². The molecule has 0 unspecified atom stereocenters. The molecule has 0 spiro atoms. The van der Waals surface area contributed by atoms with Crippen molar-refractivity contribution < 1.29 is 9.47 Å². The molecular weight excluding hydrogens is 429 g/mol. The number of benzene rings is 1. The van der Waals surface area contributed by atoms with Crippen molar-refractivity contribution in [2.24, 2.45) is 4.99 Å². The molecule has 0 aromatic heterocycles. The molecule has 0 bridgehead atoms. The Balaban J connectivity index is 0.00000225. The van der Waals surface area contributed by atoms with Crippen LogP contribution in [0.25, 0.3) is 0 Å². The molecule has 3 rings (SSSR count). The van der Waals surface area contributed by atoms with Crippen LogP contribution in [0.5, 0.6) is 11.5 Å². The molecule has 1 saturated carbocycles. The fraction of sp³-hybridized carbons (Fsp3) is 0.632. The number of hydrogen-bond acceptors (Lipinski definition) is 3. The molecule has 0 saturated heterocycles. The first kappa shape index (κ1) is 20.1. The Morgan fingerprint density at radius 2 is 1.68 bits per heavy atom. The number of halogens is 1. The molecule has 1 aromatic carbocycles. The van der Waals surface area contributed by atoms with Gasteiger partial charge in [-0.15, -0.1) is 24.0 Å². The van der Waals surface area contributed by atoms with E-state index < -0.39 is 0 Å². The van der Waals surface area contributed by atoms with Crippen LogP contribution >= 0.6 is 24.0 Å². The Bertz CT molecular complexity index is 578. The molecule has 0 atom stereocenters. The summed E-state index contributed by atoms with van der Waals surface area (Å²) in [4.78, 5) is 4.87. The van der Waals surface area contributed by atoms with Crippen molar-refractivity contribution in [2.75, 3.05) is 32.8 Å². The molecule has 1 aromatic rings. The lowest BCUT2D eigenvalue weighted by atomic mass is 9.79. The molecule has 0 radical (unpaired) electrons. The van der Waals surface area contributed by atoms with E-state index in [4.69, 9.17) is 14.5 Å². The van der Waals surface area contributed by atoms with E-state index in [1.165, 1.54) is 31.2 Å². The highest BCUT2D eigenvalue weighted by Crippen LogP contribution is 2.44. The van der Waals surface area contributed by atoms with Crippen LogP contribution in [0.1, 0.15) is 45.1 Å². The van der Waals surface area contributed by atoms with E-state index in [2.05, 4.69) is 42.7 Å². The van der Waals surface area contributed by atoms with Gasteiger partial charge in [0.1, 0.15) is 13.2 Å². The smallest absolute Gasteiger partial charge is 0.191 e. The molecule has 1 aliphatic heterocycles. The van der Waals surface area contributed by atoms with Crippen molar-refractivity contribution >= 4 is 29.9 Å². The van der Waals surface area contributed by atoms with Crippen molar-refractivity contribution in [2.45, 2.75) is 44.9 Å². The fourth-order valence-electron chi connectivity index (χ4n) is 3.70. The lowest BCUT2D eigenvalue weighted by Crippen LogP contribution is -2.38. The second-order valence-corrected chi connectivity index (χ2v) is 6.57. The van der Waals surface area contributed by atoms with Crippen LogP contribution in [0.2, 0.25) is 0 Å². The van der Waals surface area contributed by atoms with Gasteiger partial charge >= 0.3 is 0 Å². The van der Waals surface area contributed by atoms with Gasteiger partial charge in [-0.1, -0.05) is 18.9 Å². The average Bonchev–Trinajstić information content (AvgIpc) is 3.10. The maximum Gasteiger partial charge on any atom is 0.191 e. The van der Waals surface area contributed by atoms with E-state index in [-0.39, 0.29) is 29.4 Å². The Morgan fingerprint density at radius 1 is 1.04 bits per heavy atom. The van der Waals surface area contributed by atoms with Crippen molar-refractivity contribution in [3.05, 3.63) is 23.8 Å². The minimum absolute atomic E-state index is 0. The molecule has 1 heterocycles. The molecule has 140 valence electrons. The van der Waals surface area contributed by atoms with E-state index in [1.54, 1.807) is 0 Å². The minimum Gasteiger partial charge on any atom is -0.486 e. The third kappa shape index (κ3) is 4.71. The van der Waals surface area contributed by atoms with E-state index in [0.29, 0.717) is 13.2 Å². The number of aliphatic imine (C=N–C) groups is 1. The number of nitrogens with zero attached hydrogens (tertiary/aromatic N) is 1. The predicted molar refractivity (Wildman–Crippen MR) is 113 cm³/mol. The van der Waals surface area contributed by atoms with Gasteiger partial charge in [-0.25, -0.2) is 0 Å². The van der Waals surface area contributed by atoms with Crippen LogP contribution in [0, 0.1) is 0 Å². The van der Waals surface area contributed by atoms with Crippen LogP contribution in [0.4, 0.5) is 0 Å². The zero-order valence-electron chi connectivity index (χ0n) is 15.3. The van der Waals surface area contributed by atoms with E-state index in [1.807, 2.05) is 0 Å². The highest BCUT2D eigenvalue weighted by atomic mass is 127. The van der Waals surface area contributed by atoms with Crippen molar-refractivity contribution in [3.8, 4) is 11.5 Å². The van der Waals surface area contributed by atoms with Gasteiger partial charge in [0.05, 0.1) is 6.54 Å². The highest BCUT2D eigenvalue weighted by Gasteiger charge is 2.36. The SMILES string of the molecule is CCNC(=NCC1(c2ccc3c(c2)OCCO3)CCCC1)NCC.I. The second-order valence-electron chi connectivity index (χ2n) is 6.57. The number of nitrogens with one attached hydrogen (secondary N) is 2. The van der Waals surface area contributed by atoms with E-state index in [0.717, 1.165) is 37.1 Å². The molecule has 2 aliphatic rings. The topological polar surface area (TPSA) is 54.9 Å². The summed E-state index contributed by atoms with van der Waals surface area (Å²) in [5.74, 6) is 2.65. The van der Waals surface area contributed by atoms with Gasteiger partial charge < -0.3 is 20.1 Å². The first-order valence-electron chi connectivity index (χ1n) is 9.20. The van der Waals surface area contributed by atoms with Crippen LogP contribution < -0.4 is 20.1 Å². The summed E-state index contributed by atoms with van der Waals surface area (Å²) in [6, 6.07) is 6.44. The molecule has 1 fully saturated rings. The number of ether oxygens (including phenoxy) is 2. The maximum atomic E-state index is 5.79. The Labute approximate surface area is 168 Å². The van der Waals surface area contributed by atoms with E-state index >= 15 is 0 Å². The summed E-state index contributed by atoms with van der Waals surface area (Å²) in [5.41, 5.74) is 1.45. The second kappa shape index (κ2) is 9.50. The maximum absolute atomic E-state index is 5.79. The van der Waals surface area contributed by atoms with Gasteiger partial charge in [-0.2, -0.15) is 0 Å². The van der Waals surface area contributed by atoms with Gasteiger partial charge in [0.25, 0.3) is 0 Å². The van der Waals surface area contributed by atoms with Gasteiger partial charge in [0, 0.05) is 18.5 Å². The summed E-state index contributed by atoms with van der Waals surface area (Å²) < 4.78 is 11.4. The minimum atomic E-state index is 0. The fourth-order valence-corrected chi connectivity index (χ4v) is 3.70. The lowest BCUT2D eigenvalue weighted by Gasteiger charge is -2.30. The summed E-state index contributed by atoms with van der Waals surface area (Å²) in [6.45, 7) is 8.02. The zero-order valence-corrected chi connectivity index (χ0v) is 17.6. The highest BCUT2D eigenvalue weighted by molar-refractivity contribution is 14.0. The number of hydrogen-bond donors (Lipinski definition) is 2. The van der Waals surface area contributed by atoms with Crippen molar-refractivity contribution in [1.82, 2.24) is 10.6 Å². The standard InChI is InChI=1S/C19H29N3O2.HI/c1-3-20-18(21-4-2)22-14-19(9-5-6-10-19)15-7-8-16-17(13-15)24-12-11-23-16;/h7-8,13H,3-6,9-12,14H2,1-2H3,(H2,20,21,22);1H. The van der Waals surface area contributed by atoms with Crippen molar-refractivity contribution in [1.29, 1.82) is 0 Å². The Kier molecular flexibility index (Phi) is 7.65. The third-order valence-electron chi connectivity index (χ3n) is 4.94. The number of guanidine groups is 1. The number of fused-ring (bicyclic) bond motifs is 1. The molecule has 6 heteroatoms. The third-order valence-corrected chi connectivity index (χ3v) is 4.94. The Morgan fingerprint density at radius 3 is 2.32 bits per heavy atom. The quantitative estimate of drug-likeness (QED) is 0.403. The van der Waals surface area contributed by atoms with Crippen LogP contribution in [-0.4, -0.2) is 38.8 Å². The van der Waals surface area contributed by atoms with Crippen LogP contribution in [0.15, 0.2) is 23.2 Å². The first-order valence-corrected chi connectivity index (χ1v) is 9.20. The average molecular weight is 459 g/mol. The number of rotatable bonds is 5. The monoisotopic (exact) mass is 459 g/mol. The predicted octanol–water partition coefficient (Wildman–Crippen LogP) is 3.46. The largest absolute Gasteiger partial charge is 0.486 e. The van der Waals surface area contributed by atoms with Crippen molar-refractivity contribution in [3.63, 3.8) is 0 Å². The summed E-state index contributed by atoms with van der Waals surface area (Å²) in [5, 5.41) is 6.64. The first-order chi connectivity index (χ1) is 11.8. The van der Waals surface area contributed by atoms with Gasteiger partial charge in [-0.3, -0.25) is 4.99 Å². The Hall–Kier alpha value is -1.18. The molecular formula is C19H30IN3O2. The van der Waals surface area contributed by atoms with Gasteiger partial charge in [0.2, 0.25) is 0 Å².